The molecule has 0 bridgehead atoms. The molecule has 2 aromatic carbocycles. The summed E-state index contributed by atoms with van der Waals surface area (Å²) in [7, 11) is 0. The molecule has 0 aliphatic heterocycles. The van der Waals surface area contributed by atoms with Crippen LogP contribution in [0.25, 0.3) is 0 Å². The summed E-state index contributed by atoms with van der Waals surface area (Å²) in [6, 6.07) is 17.8. The number of benzene rings is 2. The lowest BCUT2D eigenvalue weighted by Gasteiger charge is -2.50. The molecule has 0 radical (unpaired) electrons. The number of nitrogens with zero attached hydrogens (tertiary/aromatic N) is 1. The summed E-state index contributed by atoms with van der Waals surface area (Å²) in [6.45, 7) is 7.38. The fourth-order valence-corrected chi connectivity index (χ4v) is 7.29. The van der Waals surface area contributed by atoms with Crippen LogP contribution in [0.3, 0.4) is 0 Å². The van der Waals surface area contributed by atoms with E-state index in [2.05, 4.69) is 62.4 Å². The Labute approximate surface area is 193 Å². The molecule has 2 aromatic rings. The van der Waals surface area contributed by atoms with Crippen molar-refractivity contribution in [3.8, 4) is 11.8 Å². The van der Waals surface area contributed by atoms with Gasteiger partial charge in [0, 0.05) is 5.57 Å². The Morgan fingerprint density at radius 2 is 1.94 bits per heavy atom. The van der Waals surface area contributed by atoms with Gasteiger partial charge in [0.2, 0.25) is 0 Å². The van der Waals surface area contributed by atoms with Crippen molar-refractivity contribution >= 4 is 0 Å². The van der Waals surface area contributed by atoms with Gasteiger partial charge in [0.25, 0.3) is 0 Å². The minimum Gasteiger partial charge on any atom is -0.489 e. The van der Waals surface area contributed by atoms with Crippen LogP contribution in [0.15, 0.2) is 53.6 Å². The fraction of sp³-hybridized carbons (Fsp3) is 0.500. The van der Waals surface area contributed by atoms with Crippen molar-refractivity contribution in [2.75, 3.05) is 0 Å². The molecule has 166 valence electrons. The van der Waals surface area contributed by atoms with E-state index in [1.807, 2.05) is 6.92 Å². The van der Waals surface area contributed by atoms with Crippen LogP contribution in [0, 0.1) is 28.6 Å². The molecule has 0 heterocycles. The number of rotatable bonds is 4. The van der Waals surface area contributed by atoms with E-state index in [0.717, 1.165) is 42.4 Å². The Hall–Kier alpha value is -2.53. The van der Waals surface area contributed by atoms with Gasteiger partial charge in [-0.15, -0.1) is 0 Å². The molecular weight excluding hydrogens is 390 g/mol. The monoisotopic (exact) mass is 425 g/mol. The minimum absolute atomic E-state index is 0.241. The van der Waals surface area contributed by atoms with E-state index in [0.29, 0.717) is 12.5 Å². The van der Waals surface area contributed by atoms with Crippen LogP contribution >= 0.6 is 0 Å². The number of hydrogen-bond donors (Lipinski definition) is 0. The Kier molecular flexibility index (Phi) is 5.62. The van der Waals surface area contributed by atoms with Gasteiger partial charge in [0.1, 0.15) is 12.4 Å². The molecule has 0 aromatic heterocycles. The normalized spacial score (nSPS) is 30.0. The summed E-state index contributed by atoms with van der Waals surface area (Å²) < 4.78 is 6.32. The maximum Gasteiger partial charge on any atom is 0.123 e. The van der Waals surface area contributed by atoms with Crippen molar-refractivity contribution in [2.24, 2.45) is 17.3 Å². The molecule has 0 N–H and O–H groups in total. The molecule has 4 atom stereocenters. The van der Waals surface area contributed by atoms with Crippen molar-refractivity contribution in [3.63, 3.8) is 0 Å². The molecule has 32 heavy (non-hydrogen) atoms. The first-order valence-corrected chi connectivity index (χ1v) is 12.5. The van der Waals surface area contributed by atoms with Crippen molar-refractivity contribution in [1.29, 1.82) is 5.26 Å². The number of aryl methyl sites for hydroxylation is 2. The quantitative estimate of drug-likeness (QED) is 0.474. The minimum atomic E-state index is 0.241. The first-order valence-electron chi connectivity index (χ1n) is 12.5. The third-order valence-corrected chi connectivity index (χ3v) is 8.93. The second kappa shape index (κ2) is 8.43. The van der Waals surface area contributed by atoms with Crippen LogP contribution in [0.5, 0.6) is 5.75 Å². The molecule has 0 unspecified atom stereocenters. The van der Waals surface area contributed by atoms with Gasteiger partial charge in [-0.3, -0.25) is 0 Å². The predicted molar refractivity (Wildman–Crippen MR) is 130 cm³/mol. The molecule has 3 aliphatic rings. The largest absolute Gasteiger partial charge is 0.489 e. The molecule has 0 amide bonds. The van der Waals surface area contributed by atoms with Crippen molar-refractivity contribution in [1.82, 2.24) is 0 Å². The summed E-state index contributed by atoms with van der Waals surface area (Å²) in [5.41, 5.74) is 8.37. The third-order valence-electron chi connectivity index (χ3n) is 8.93. The fourth-order valence-electron chi connectivity index (χ4n) is 7.29. The third kappa shape index (κ3) is 3.47. The van der Waals surface area contributed by atoms with Gasteiger partial charge in [0.05, 0.1) is 6.07 Å². The summed E-state index contributed by atoms with van der Waals surface area (Å²) in [4.78, 5) is 0. The number of hydrogen-bond acceptors (Lipinski definition) is 2. The topological polar surface area (TPSA) is 33.0 Å². The Balaban J connectivity index is 1.42. The highest BCUT2D eigenvalue weighted by atomic mass is 16.5. The first kappa shape index (κ1) is 21.3. The van der Waals surface area contributed by atoms with E-state index in [-0.39, 0.29) is 5.41 Å². The van der Waals surface area contributed by atoms with E-state index >= 15 is 0 Å². The summed E-state index contributed by atoms with van der Waals surface area (Å²) in [5.74, 6) is 3.23. The van der Waals surface area contributed by atoms with Crippen LogP contribution in [-0.2, 0) is 19.4 Å². The van der Waals surface area contributed by atoms with Crippen molar-refractivity contribution in [3.05, 3.63) is 75.9 Å². The Morgan fingerprint density at radius 1 is 1.12 bits per heavy atom. The molecule has 5 rings (SSSR count). The zero-order chi connectivity index (χ0) is 22.3. The first-order chi connectivity index (χ1) is 15.5. The van der Waals surface area contributed by atoms with E-state index in [9.17, 15) is 5.26 Å². The number of allylic oxidation sites excluding steroid dienone is 2. The molecule has 2 nitrogen and oxygen atoms in total. The van der Waals surface area contributed by atoms with Gasteiger partial charge in [-0.2, -0.15) is 5.26 Å². The van der Waals surface area contributed by atoms with Gasteiger partial charge in [-0.1, -0.05) is 55.8 Å². The smallest absolute Gasteiger partial charge is 0.123 e. The van der Waals surface area contributed by atoms with Gasteiger partial charge in [0.15, 0.2) is 0 Å². The molecular formula is C30H35NO. The van der Waals surface area contributed by atoms with E-state index in [1.165, 1.54) is 47.9 Å². The van der Waals surface area contributed by atoms with E-state index in [4.69, 9.17) is 4.74 Å². The van der Waals surface area contributed by atoms with Crippen molar-refractivity contribution in [2.45, 2.75) is 78.2 Å². The second-order valence-corrected chi connectivity index (χ2v) is 10.4. The highest BCUT2D eigenvalue weighted by molar-refractivity contribution is 5.47. The van der Waals surface area contributed by atoms with Crippen LogP contribution in [0.2, 0.25) is 0 Å². The zero-order valence-corrected chi connectivity index (χ0v) is 19.8. The number of ether oxygens (including phenoxy) is 1. The van der Waals surface area contributed by atoms with Gasteiger partial charge in [-0.05, 0) is 103 Å². The average Bonchev–Trinajstić information content (AvgIpc) is 3.19. The van der Waals surface area contributed by atoms with Crippen LogP contribution in [0.4, 0.5) is 0 Å². The van der Waals surface area contributed by atoms with Crippen LogP contribution in [-0.4, -0.2) is 0 Å². The molecule has 2 heteroatoms. The zero-order valence-electron chi connectivity index (χ0n) is 19.8. The Bertz CT molecular complexity index is 1080. The lowest BCUT2D eigenvalue weighted by atomic mass is 9.55. The molecule has 3 aliphatic carbocycles. The predicted octanol–water partition coefficient (Wildman–Crippen LogP) is 7.52. The second-order valence-electron chi connectivity index (χ2n) is 10.4. The van der Waals surface area contributed by atoms with Gasteiger partial charge >= 0.3 is 0 Å². The van der Waals surface area contributed by atoms with Gasteiger partial charge in [-0.25, -0.2) is 0 Å². The standard InChI is InChI=1S/C30H35NO/c1-4-22-16-26-23(17-29(22)32-19-21-8-6-5-7-9-21)10-11-25-24(26)14-15-30(3)27(20(2)18-31)12-13-28(25)30/h5-9,16-17,24-25,28H,4,10-15,19H2,1-3H3/t24-,25+,28-,30+/m0/s1. The van der Waals surface area contributed by atoms with Gasteiger partial charge < -0.3 is 4.74 Å². The number of nitriles is 1. The molecule has 2 saturated carbocycles. The summed E-state index contributed by atoms with van der Waals surface area (Å²) in [6.07, 6.45) is 8.31. The molecule has 0 spiro atoms. The van der Waals surface area contributed by atoms with Crippen LogP contribution < -0.4 is 4.74 Å². The lowest BCUT2D eigenvalue weighted by Crippen LogP contribution is -2.40. The van der Waals surface area contributed by atoms with Crippen molar-refractivity contribution < 1.29 is 4.74 Å². The molecule has 0 saturated heterocycles. The summed E-state index contributed by atoms with van der Waals surface area (Å²) >= 11 is 0. The Morgan fingerprint density at radius 3 is 2.69 bits per heavy atom. The highest BCUT2D eigenvalue weighted by Crippen LogP contribution is 2.63. The highest BCUT2D eigenvalue weighted by Gasteiger charge is 2.53. The average molecular weight is 426 g/mol. The maximum absolute atomic E-state index is 9.54. The SMILES string of the molecule is CCc1cc2c(cc1OCc1ccccc1)CC[C@@H]1[C@@H]2CC[C@]2(C)C(=C(C)C#N)CC[C@@H]12. The lowest BCUT2D eigenvalue weighted by molar-refractivity contribution is 0.0809. The molecule has 2 fully saturated rings. The number of fused-ring (bicyclic) bond motifs is 5. The summed E-state index contributed by atoms with van der Waals surface area (Å²) in [5, 5.41) is 9.54. The van der Waals surface area contributed by atoms with E-state index in [1.54, 1.807) is 5.56 Å². The van der Waals surface area contributed by atoms with Crippen LogP contribution in [0.1, 0.15) is 81.0 Å². The maximum atomic E-state index is 9.54. The van der Waals surface area contributed by atoms with E-state index < -0.39 is 0 Å².